The Morgan fingerprint density at radius 1 is 0.537 bits per heavy atom. The van der Waals surface area contributed by atoms with Crippen LogP contribution >= 0.6 is 0 Å². The van der Waals surface area contributed by atoms with Crippen LogP contribution in [0.5, 0.6) is 28.7 Å². The van der Waals surface area contributed by atoms with Gasteiger partial charge in [-0.2, -0.15) is 0 Å². The van der Waals surface area contributed by atoms with Gasteiger partial charge in [0, 0.05) is 10.9 Å². The molecular formula is C38H30O3. The summed E-state index contributed by atoms with van der Waals surface area (Å²) < 4.78 is 20.4. The molecule has 7 rings (SSSR count). The van der Waals surface area contributed by atoms with Crippen LogP contribution in [0.15, 0.2) is 140 Å². The van der Waals surface area contributed by atoms with Crippen LogP contribution in [0.2, 0.25) is 0 Å². The van der Waals surface area contributed by atoms with Gasteiger partial charge in [-0.3, -0.25) is 0 Å². The molecule has 1 aliphatic rings. The summed E-state index contributed by atoms with van der Waals surface area (Å²) in [4.78, 5) is 0. The second kappa shape index (κ2) is 11.2. The van der Waals surface area contributed by atoms with E-state index in [4.69, 9.17) is 14.2 Å². The molecule has 0 aliphatic heterocycles. The monoisotopic (exact) mass is 534 g/mol. The molecule has 0 fully saturated rings. The van der Waals surface area contributed by atoms with Gasteiger partial charge in [-0.25, -0.2) is 0 Å². The molecule has 1 atom stereocenters. The molecule has 0 aromatic heterocycles. The Labute approximate surface area is 240 Å². The number of aryl methyl sites for hydroxylation is 1. The maximum absolute atomic E-state index is 7.06. The van der Waals surface area contributed by atoms with Crippen LogP contribution in [0.25, 0.3) is 21.9 Å². The summed E-state index contributed by atoms with van der Waals surface area (Å²) in [5, 5.41) is 2.14. The van der Waals surface area contributed by atoms with E-state index in [1.165, 1.54) is 11.1 Å². The third kappa shape index (κ3) is 5.15. The Kier molecular flexibility index (Phi) is 6.84. The van der Waals surface area contributed by atoms with E-state index in [2.05, 4.69) is 72.8 Å². The number of ether oxygens (including phenoxy) is 3. The smallest absolute Gasteiger partial charge is 0.212 e. The van der Waals surface area contributed by atoms with E-state index in [1.807, 2.05) is 66.7 Å². The van der Waals surface area contributed by atoms with Gasteiger partial charge in [-0.1, -0.05) is 109 Å². The summed E-state index contributed by atoms with van der Waals surface area (Å²) in [5.41, 5.74) is 4.60. The maximum Gasteiger partial charge on any atom is 0.212 e. The standard InChI is InChI=1S/C38H30O3/c1-3-13-29(14-4-1)33-25-26-36(39-30-19-5-2-6-20-30)38(41-35-24-12-18-28-16-8-10-22-32(28)35)37(33)40-34-23-11-17-27-15-7-9-21-31(27)34/h1-10,12-16,18-22,24-26,34H,11,17,23H2. The van der Waals surface area contributed by atoms with E-state index in [1.54, 1.807) is 0 Å². The summed E-state index contributed by atoms with van der Waals surface area (Å²) in [6.45, 7) is 0. The lowest BCUT2D eigenvalue weighted by molar-refractivity contribution is 0.178. The fourth-order valence-electron chi connectivity index (χ4n) is 5.67. The number of para-hydroxylation sites is 1. The summed E-state index contributed by atoms with van der Waals surface area (Å²) in [7, 11) is 0. The van der Waals surface area contributed by atoms with Crippen LogP contribution in [0, 0.1) is 0 Å². The van der Waals surface area contributed by atoms with Gasteiger partial charge in [0.25, 0.3) is 0 Å². The average Bonchev–Trinajstić information content (AvgIpc) is 3.04. The van der Waals surface area contributed by atoms with E-state index in [9.17, 15) is 0 Å². The first kappa shape index (κ1) is 25.0. The van der Waals surface area contributed by atoms with E-state index < -0.39 is 0 Å². The molecular weight excluding hydrogens is 504 g/mol. The minimum atomic E-state index is -0.0933. The van der Waals surface area contributed by atoms with Crippen LogP contribution in [0.3, 0.4) is 0 Å². The first-order valence-corrected chi connectivity index (χ1v) is 14.2. The van der Waals surface area contributed by atoms with Crippen molar-refractivity contribution in [2.75, 3.05) is 0 Å². The molecule has 0 bridgehead atoms. The molecule has 6 aromatic carbocycles. The van der Waals surface area contributed by atoms with E-state index >= 15 is 0 Å². The van der Waals surface area contributed by atoms with Gasteiger partial charge >= 0.3 is 0 Å². The highest BCUT2D eigenvalue weighted by Gasteiger charge is 2.27. The van der Waals surface area contributed by atoms with Crippen LogP contribution < -0.4 is 14.2 Å². The lowest BCUT2D eigenvalue weighted by atomic mass is 9.89. The third-order valence-electron chi connectivity index (χ3n) is 7.67. The summed E-state index contributed by atoms with van der Waals surface area (Å²) in [5.74, 6) is 3.33. The molecule has 0 saturated heterocycles. The molecule has 1 unspecified atom stereocenters. The summed E-state index contributed by atoms with van der Waals surface area (Å²) in [6.07, 6.45) is 2.98. The minimum Gasteiger partial charge on any atom is -0.481 e. The normalized spacial score (nSPS) is 14.3. The average molecular weight is 535 g/mol. The maximum atomic E-state index is 7.06. The molecule has 1 aliphatic carbocycles. The van der Waals surface area contributed by atoms with Crippen molar-refractivity contribution in [3.63, 3.8) is 0 Å². The number of rotatable bonds is 7. The van der Waals surface area contributed by atoms with Crippen molar-refractivity contribution in [3.05, 3.63) is 151 Å². The molecule has 0 radical (unpaired) electrons. The van der Waals surface area contributed by atoms with E-state index in [0.717, 1.165) is 52.7 Å². The number of fused-ring (bicyclic) bond motifs is 2. The molecule has 0 heterocycles. The Morgan fingerprint density at radius 2 is 1.27 bits per heavy atom. The molecule has 3 nitrogen and oxygen atoms in total. The van der Waals surface area contributed by atoms with Crippen molar-refractivity contribution in [1.82, 2.24) is 0 Å². The van der Waals surface area contributed by atoms with Gasteiger partial charge in [0.05, 0.1) is 0 Å². The van der Waals surface area contributed by atoms with Gasteiger partial charge in [0.1, 0.15) is 17.6 Å². The number of hydrogen-bond acceptors (Lipinski definition) is 3. The van der Waals surface area contributed by atoms with E-state index in [-0.39, 0.29) is 6.10 Å². The molecule has 200 valence electrons. The first-order chi connectivity index (χ1) is 20.3. The molecule has 0 saturated carbocycles. The van der Waals surface area contributed by atoms with Gasteiger partial charge < -0.3 is 14.2 Å². The van der Waals surface area contributed by atoms with Crippen molar-refractivity contribution in [3.8, 4) is 39.9 Å². The fourth-order valence-corrected chi connectivity index (χ4v) is 5.67. The van der Waals surface area contributed by atoms with Crippen molar-refractivity contribution >= 4 is 10.8 Å². The molecule has 41 heavy (non-hydrogen) atoms. The van der Waals surface area contributed by atoms with Crippen LogP contribution in [-0.4, -0.2) is 0 Å². The lowest BCUT2D eigenvalue weighted by Gasteiger charge is -2.29. The predicted molar refractivity (Wildman–Crippen MR) is 165 cm³/mol. The van der Waals surface area contributed by atoms with Crippen molar-refractivity contribution in [2.24, 2.45) is 0 Å². The first-order valence-electron chi connectivity index (χ1n) is 14.2. The van der Waals surface area contributed by atoms with Crippen LogP contribution in [0.4, 0.5) is 0 Å². The largest absolute Gasteiger partial charge is 0.481 e. The SMILES string of the molecule is c1ccc(Oc2ccc(-c3ccccc3)c(OC3CCCc4ccccc43)c2Oc2cccc3ccccc23)cc1. The molecule has 3 heteroatoms. The van der Waals surface area contributed by atoms with E-state index in [0.29, 0.717) is 17.2 Å². The molecule has 0 N–H and O–H groups in total. The molecule has 0 amide bonds. The zero-order valence-electron chi connectivity index (χ0n) is 22.7. The summed E-state index contributed by atoms with van der Waals surface area (Å²) in [6, 6.07) is 47.2. The van der Waals surface area contributed by atoms with Crippen LogP contribution in [-0.2, 0) is 6.42 Å². The zero-order chi connectivity index (χ0) is 27.4. The third-order valence-corrected chi connectivity index (χ3v) is 7.67. The number of benzene rings is 6. The van der Waals surface area contributed by atoms with Crippen molar-refractivity contribution < 1.29 is 14.2 Å². The minimum absolute atomic E-state index is 0.0933. The second-order valence-corrected chi connectivity index (χ2v) is 10.3. The van der Waals surface area contributed by atoms with Gasteiger partial charge in [0.15, 0.2) is 11.5 Å². The highest BCUT2D eigenvalue weighted by Crippen LogP contribution is 2.51. The Morgan fingerprint density at radius 3 is 2.15 bits per heavy atom. The van der Waals surface area contributed by atoms with Crippen LogP contribution in [0.1, 0.15) is 30.1 Å². The van der Waals surface area contributed by atoms with Gasteiger partial charge in [0.2, 0.25) is 5.75 Å². The fraction of sp³-hybridized carbons (Fsp3) is 0.105. The summed E-state index contributed by atoms with van der Waals surface area (Å²) >= 11 is 0. The topological polar surface area (TPSA) is 27.7 Å². The van der Waals surface area contributed by atoms with Crippen molar-refractivity contribution in [2.45, 2.75) is 25.4 Å². The lowest BCUT2D eigenvalue weighted by Crippen LogP contribution is -2.16. The highest BCUT2D eigenvalue weighted by molar-refractivity contribution is 5.89. The number of hydrogen-bond donors (Lipinski definition) is 0. The quantitative estimate of drug-likeness (QED) is 0.204. The Balaban J connectivity index is 1.42. The van der Waals surface area contributed by atoms with Gasteiger partial charge in [-0.15, -0.1) is 0 Å². The van der Waals surface area contributed by atoms with Gasteiger partial charge in [-0.05, 0) is 71.7 Å². The highest BCUT2D eigenvalue weighted by atomic mass is 16.5. The molecule has 6 aromatic rings. The van der Waals surface area contributed by atoms with Crippen molar-refractivity contribution in [1.29, 1.82) is 0 Å². The predicted octanol–water partition coefficient (Wildman–Crippen LogP) is 10.5. The Hall–Kier alpha value is -5.02. The Bertz CT molecular complexity index is 1790. The molecule has 0 spiro atoms. The zero-order valence-corrected chi connectivity index (χ0v) is 22.7. The second-order valence-electron chi connectivity index (χ2n) is 10.3.